The first kappa shape index (κ1) is 38.3. The number of imide groups is 2. The summed E-state index contributed by atoms with van der Waals surface area (Å²) in [7, 11) is 0. The van der Waals surface area contributed by atoms with E-state index in [1.165, 1.54) is 22.7 Å². The van der Waals surface area contributed by atoms with Crippen LogP contribution in [0.4, 0.5) is 19.6 Å². The van der Waals surface area contributed by atoms with Gasteiger partial charge in [0.15, 0.2) is 12.5 Å². The molecule has 8 N–H and O–H groups in total. The van der Waals surface area contributed by atoms with E-state index in [1.54, 1.807) is 47.4 Å². The van der Waals surface area contributed by atoms with Gasteiger partial charge in [-0.3, -0.25) is 21.1 Å². The van der Waals surface area contributed by atoms with Gasteiger partial charge in [0.05, 0.1) is 0 Å². The number of thiophene rings is 2. The molecule has 0 saturated carbocycles. The van der Waals surface area contributed by atoms with Crippen LogP contribution in [0.15, 0.2) is 96.0 Å². The summed E-state index contributed by atoms with van der Waals surface area (Å²) < 4.78 is 10.6. The van der Waals surface area contributed by atoms with Crippen LogP contribution in [0.5, 0.6) is 0 Å². The normalized spacial score (nSPS) is 18.0. The van der Waals surface area contributed by atoms with Gasteiger partial charge in [0, 0.05) is 72.0 Å². The van der Waals surface area contributed by atoms with Crippen molar-refractivity contribution in [3.63, 3.8) is 0 Å². The monoisotopic (exact) mass is 820 g/mol. The highest BCUT2D eigenvalue weighted by Gasteiger charge is 2.40. The zero-order valence-electron chi connectivity index (χ0n) is 30.5. The highest BCUT2D eigenvalue weighted by Crippen LogP contribution is 2.29. The van der Waals surface area contributed by atoms with Crippen molar-refractivity contribution in [2.45, 2.75) is 50.2 Å². The maximum absolute atomic E-state index is 13.0. The number of anilines is 2. The van der Waals surface area contributed by atoms with Crippen molar-refractivity contribution >= 4 is 90.3 Å². The van der Waals surface area contributed by atoms with Crippen LogP contribution >= 0.6 is 22.7 Å². The van der Waals surface area contributed by atoms with E-state index in [4.69, 9.17) is 20.9 Å². The standard InChI is InChI=1S/C40H36N8O8S2/c41-31(17-23-19-43-27-7-5-21(13-25(23)27)15-29-37(51)47(39(53)45-29)33-3-1-11-57-33)55-35(49)9-10-36(50)56-32(42)18-24-20-44-28-8-6-22(14-26(24)28)16-30-38(52)48(40(54)46-30)34-4-2-12-58-34/h1-14,19-20,29-32,43-44H,15-18,41-42H2,(H,45,53)(H,46,54)/b10-9-. The number of amides is 6. The number of ether oxygens (including phenoxy) is 2. The van der Waals surface area contributed by atoms with Crippen molar-refractivity contribution < 1.29 is 38.2 Å². The van der Waals surface area contributed by atoms with Gasteiger partial charge in [-0.05, 0) is 81.5 Å². The number of nitrogens with one attached hydrogen (secondary N) is 4. The summed E-state index contributed by atoms with van der Waals surface area (Å²) in [4.78, 5) is 84.9. The fourth-order valence-corrected chi connectivity index (χ4v) is 8.56. The van der Waals surface area contributed by atoms with Gasteiger partial charge in [-0.25, -0.2) is 29.0 Å². The van der Waals surface area contributed by atoms with Crippen molar-refractivity contribution in [3.8, 4) is 0 Å². The van der Waals surface area contributed by atoms with Gasteiger partial charge in [-0.1, -0.05) is 12.1 Å². The lowest BCUT2D eigenvalue weighted by Gasteiger charge is -2.13. The van der Waals surface area contributed by atoms with Crippen LogP contribution in [-0.2, 0) is 54.3 Å². The van der Waals surface area contributed by atoms with Gasteiger partial charge >= 0.3 is 24.0 Å². The lowest BCUT2D eigenvalue weighted by Crippen LogP contribution is -2.32. The molecule has 6 amide bonds. The molecule has 6 heterocycles. The first-order valence-corrected chi connectivity index (χ1v) is 19.9. The van der Waals surface area contributed by atoms with Crippen molar-refractivity contribution in [3.05, 3.63) is 118 Å². The van der Waals surface area contributed by atoms with E-state index in [2.05, 4.69) is 20.6 Å². The Labute approximate surface area is 337 Å². The molecule has 4 atom stereocenters. The predicted octanol–water partition coefficient (Wildman–Crippen LogP) is 4.10. The van der Waals surface area contributed by atoms with Crippen molar-refractivity contribution in [1.29, 1.82) is 0 Å². The number of hydrogen-bond donors (Lipinski definition) is 6. The van der Waals surface area contributed by atoms with Gasteiger partial charge in [0.1, 0.15) is 22.1 Å². The number of fused-ring (bicyclic) bond motifs is 2. The molecule has 296 valence electrons. The Bertz CT molecular complexity index is 2400. The van der Waals surface area contributed by atoms with Gasteiger partial charge in [-0.2, -0.15) is 0 Å². The molecule has 2 fully saturated rings. The van der Waals surface area contributed by atoms with E-state index < -0.39 is 48.5 Å². The fourth-order valence-electron chi connectivity index (χ4n) is 7.09. The van der Waals surface area contributed by atoms with Gasteiger partial charge in [0.2, 0.25) is 0 Å². The molecular weight excluding hydrogens is 785 g/mol. The number of rotatable bonds is 14. The molecule has 0 radical (unpaired) electrons. The topological polar surface area (TPSA) is 235 Å². The molecule has 0 spiro atoms. The van der Waals surface area contributed by atoms with Gasteiger partial charge in [0.25, 0.3) is 11.8 Å². The summed E-state index contributed by atoms with van der Waals surface area (Å²) >= 11 is 2.61. The molecule has 8 rings (SSSR count). The Kier molecular flexibility index (Phi) is 10.6. The fraction of sp³-hybridized carbons (Fsp3) is 0.200. The number of urea groups is 2. The SMILES string of the molecule is NC(Cc1c[nH]c2ccc(CC3NC(=O)N(c4cccs4)C3=O)cc12)OC(=O)/C=C\C(=O)OC(N)Cc1c[nH]c2ccc(CC3NC(=O)N(c4cccs4)C3=O)cc12. The summed E-state index contributed by atoms with van der Waals surface area (Å²) in [5.74, 6) is -2.36. The second-order valence-electron chi connectivity index (χ2n) is 13.7. The molecular formula is C40H36N8O8S2. The summed E-state index contributed by atoms with van der Waals surface area (Å²) in [6.45, 7) is 0. The van der Waals surface area contributed by atoms with Crippen molar-refractivity contribution in [2.75, 3.05) is 9.80 Å². The lowest BCUT2D eigenvalue weighted by atomic mass is 10.0. The summed E-state index contributed by atoms with van der Waals surface area (Å²) in [6.07, 6.45) is 4.08. The zero-order valence-corrected chi connectivity index (χ0v) is 32.1. The molecule has 6 aromatic rings. The second-order valence-corrected chi connectivity index (χ2v) is 15.6. The maximum atomic E-state index is 13.0. The second kappa shape index (κ2) is 16.1. The average Bonchev–Trinajstić information content (AvgIpc) is 4.06. The Morgan fingerprint density at radius 3 is 1.50 bits per heavy atom. The predicted molar refractivity (Wildman–Crippen MR) is 217 cm³/mol. The summed E-state index contributed by atoms with van der Waals surface area (Å²) in [6, 6.07) is 15.9. The van der Waals surface area contributed by atoms with E-state index in [0.29, 0.717) is 10.0 Å². The number of carbonyl (C=O) groups is 6. The van der Waals surface area contributed by atoms with E-state index in [0.717, 1.165) is 66.0 Å². The minimum atomic E-state index is -1.05. The molecule has 2 aliphatic rings. The molecule has 2 saturated heterocycles. The number of H-pyrrole nitrogens is 2. The van der Waals surface area contributed by atoms with E-state index >= 15 is 0 Å². The molecule has 18 heteroatoms. The number of esters is 2. The quantitative estimate of drug-likeness (QED) is 0.0398. The molecule has 16 nitrogen and oxygen atoms in total. The zero-order chi connectivity index (χ0) is 40.5. The Balaban J connectivity index is 0.821. The van der Waals surface area contributed by atoms with Crippen molar-refractivity contribution in [2.24, 2.45) is 11.5 Å². The Morgan fingerprint density at radius 2 is 1.10 bits per heavy atom. The summed E-state index contributed by atoms with van der Waals surface area (Å²) in [5, 5.41) is 11.9. The highest BCUT2D eigenvalue weighted by atomic mass is 32.1. The van der Waals surface area contributed by atoms with E-state index in [1.807, 2.05) is 36.4 Å². The van der Waals surface area contributed by atoms with E-state index in [-0.39, 0.29) is 37.5 Å². The minimum absolute atomic E-state index is 0.148. The summed E-state index contributed by atoms with van der Waals surface area (Å²) in [5.41, 5.74) is 17.1. The number of aromatic nitrogens is 2. The van der Waals surface area contributed by atoms with Crippen LogP contribution in [0.3, 0.4) is 0 Å². The third-order valence-corrected chi connectivity index (χ3v) is 11.5. The van der Waals surface area contributed by atoms with Crippen LogP contribution in [0, 0.1) is 0 Å². The number of nitrogens with zero attached hydrogens (tertiary/aromatic N) is 2. The van der Waals surface area contributed by atoms with Crippen LogP contribution in [0.1, 0.15) is 22.3 Å². The van der Waals surface area contributed by atoms with Crippen molar-refractivity contribution in [1.82, 2.24) is 20.6 Å². The van der Waals surface area contributed by atoms with E-state index in [9.17, 15) is 28.8 Å². The number of aromatic amines is 2. The largest absolute Gasteiger partial charge is 0.443 e. The molecule has 0 aliphatic carbocycles. The number of nitrogens with two attached hydrogens (primary N) is 2. The third-order valence-electron chi connectivity index (χ3n) is 9.77. The first-order chi connectivity index (χ1) is 28.0. The molecule has 0 bridgehead atoms. The van der Waals surface area contributed by atoms with Crippen LogP contribution in [0.25, 0.3) is 21.8 Å². The number of benzene rings is 2. The first-order valence-electron chi connectivity index (χ1n) is 18.1. The lowest BCUT2D eigenvalue weighted by molar-refractivity contribution is -0.145. The van der Waals surface area contributed by atoms with Crippen LogP contribution < -0.4 is 31.9 Å². The highest BCUT2D eigenvalue weighted by molar-refractivity contribution is 7.15. The Hall–Kier alpha value is -6.60. The number of carbonyl (C=O) groups excluding carboxylic acids is 6. The molecule has 2 aliphatic heterocycles. The van der Waals surface area contributed by atoms with Crippen LogP contribution in [-0.4, -0.2) is 70.3 Å². The molecule has 58 heavy (non-hydrogen) atoms. The molecule has 4 unspecified atom stereocenters. The molecule has 4 aromatic heterocycles. The number of hydrogen-bond acceptors (Lipinski definition) is 12. The average molecular weight is 821 g/mol. The van der Waals surface area contributed by atoms with Gasteiger partial charge in [-0.15, -0.1) is 22.7 Å². The Morgan fingerprint density at radius 1 is 0.672 bits per heavy atom. The third kappa shape index (κ3) is 7.98. The minimum Gasteiger partial charge on any atom is -0.443 e. The van der Waals surface area contributed by atoms with Gasteiger partial charge < -0.3 is 30.1 Å². The smallest absolute Gasteiger partial charge is 0.332 e. The molecule has 2 aromatic carbocycles. The van der Waals surface area contributed by atoms with Crippen LogP contribution in [0.2, 0.25) is 0 Å². The maximum Gasteiger partial charge on any atom is 0.332 e.